The van der Waals surface area contributed by atoms with Crippen LogP contribution >= 0.6 is 0 Å². The molecule has 0 saturated heterocycles. The Kier molecular flexibility index (Phi) is 9.66. The Balaban J connectivity index is 0.000000203. The molecule has 2 aliphatic heterocycles. The Labute approximate surface area is 304 Å². The molecule has 0 amide bonds. The molecule has 5 atom stereocenters. The number of esters is 1. The van der Waals surface area contributed by atoms with Crippen molar-refractivity contribution >= 4 is 5.97 Å². The zero-order valence-electron chi connectivity index (χ0n) is 27.7. The monoisotopic (exact) mass is 750 g/mol. The van der Waals surface area contributed by atoms with E-state index in [1.54, 1.807) is 6.08 Å². The highest BCUT2D eigenvalue weighted by Crippen LogP contribution is 2.46. The summed E-state index contributed by atoms with van der Waals surface area (Å²) in [4.78, 5) is 12.7. The van der Waals surface area contributed by atoms with Crippen molar-refractivity contribution in [3.05, 3.63) is 94.5 Å². The predicted octanol–water partition coefficient (Wildman–Crippen LogP) is 3.90. The molecule has 4 aromatic rings. The standard InChI is InChI=1S/C22H18O11.C15H16O6/c23-10-5-12(24)11-7-18(33-22(31)9-3-15(27)20(30)16(28)4-9)21(32-17(11)6-10)8-1-13(25)19(29)14(26)2-8;16-8-4-11(18)9-6-13(20)15(21-14(9)5-8)7-1-2-10(17)12(19)3-7/h1-6,18,21,23-30H,7H2;1-2,4-5,7,13,15-20H,3,6H2/t18-,21-;7?,13-,15-/m11/s1. The van der Waals surface area contributed by atoms with Gasteiger partial charge in [-0.05, 0) is 30.3 Å². The fraction of sp³-hybridized carbons (Fsp3) is 0.216. The molecule has 4 aromatic carbocycles. The number of rotatable bonds is 4. The van der Waals surface area contributed by atoms with Gasteiger partial charge in [0.05, 0.1) is 11.7 Å². The highest BCUT2D eigenvalue weighted by molar-refractivity contribution is 5.91. The van der Waals surface area contributed by atoms with Crippen LogP contribution in [0.5, 0.6) is 69.0 Å². The first-order valence-corrected chi connectivity index (χ1v) is 16.1. The van der Waals surface area contributed by atoms with E-state index in [2.05, 4.69) is 0 Å². The Morgan fingerprint density at radius 2 is 1.13 bits per heavy atom. The van der Waals surface area contributed by atoms with Gasteiger partial charge in [-0.15, -0.1) is 0 Å². The molecule has 0 aromatic heterocycles. The third-order valence-corrected chi connectivity index (χ3v) is 9.03. The van der Waals surface area contributed by atoms with E-state index in [1.807, 2.05) is 0 Å². The van der Waals surface area contributed by atoms with Crippen molar-refractivity contribution in [3.8, 4) is 69.0 Å². The lowest BCUT2D eigenvalue weighted by Gasteiger charge is -2.35. The number of allylic oxidation sites excluding steroid dienone is 2. The topological polar surface area (TPSA) is 308 Å². The molecule has 1 unspecified atom stereocenters. The molecule has 7 rings (SSSR count). The second kappa shape index (κ2) is 14.2. The first kappa shape index (κ1) is 36.8. The SMILES string of the molecule is O=C(O[C@@H]1Cc2c(O)cc(O)cc2O[C@@H]1c1cc(O)c(O)c(O)c1)c1cc(O)c(O)c(O)c1.OC1=C(O)CC([C@H]2Oc3cc(O)cc(O)c3C[C@H]2O)C=C1. The second-order valence-corrected chi connectivity index (χ2v) is 12.8. The van der Waals surface area contributed by atoms with E-state index in [4.69, 9.17) is 14.2 Å². The fourth-order valence-electron chi connectivity index (χ4n) is 6.33. The Morgan fingerprint density at radius 3 is 1.69 bits per heavy atom. The van der Waals surface area contributed by atoms with Gasteiger partial charge >= 0.3 is 5.97 Å². The maximum atomic E-state index is 12.7. The summed E-state index contributed by atoms with van der Waals surface area (Å²) in [6.45, 7) is 0. The van der Waals surface area contributed by atoms with Gasteiger partial charge < -0.3 is 80.6 Å². The van der Waals surface area contributed by atoms with Crippen molar-refractivity contribution in [2.45, 2.75) is 43.7 Å². The average molecular weight is 751 g/mol. The number of phenolic OH excluding ortho intramolecular Hbond substituents is 10. The normalized spacial score (nSPS) is 21.4. The van der Waals surface area contributed by atoms with Gasteiger partial charge in [0.15, 0.2) is 46.4 Å². The Bertz CT molecular complexity index is 2150. The number of hydrogen-bond donors (Lipinski definition) is 13. The van der Waals surface area contributed by atoms with Crippen LogP contribution in [0, 0.1) is 5.92 Å². The highest BCUT2D eigenvalue weighted by Gasteiger charge is 2.39. The second-order valence-electron chi connectivity index (χ2n) is 12.8. The van der Waals surface area contributed by atoms with Crippen molar-refractivity contribution in [1.82, 2.24) is 0 Å². The largest absolute Gasteiger partial charge is 0.508 e. The van der Waals surface area contributed by atoms with Crippen molar-refractivity contribution in [1.29, 1.82) is 0 Å². The number of hydrogen-bond acceptors (Lipinski definition) is 17. The van der Waals surface area contributed by atoms with Crippen molar-refractivity contribution in [2.24, 2.45) is 5.92 Å². The van der Waals surface area contributed by atoms with Gasteiger partial charge in [-0.25, -0.2) is 4.79 Å². The van der Waals surface area contributed by atoms with Gasteiger partial charge in [0.2, 0.25) is 0 Å². The summed E-state index contributed by atoms with van der Waals surface area (Å²) in [5.41, 5.74) is 0.425. The summed E-state index contributed by atoms with van der Waals surface area (Å²) in [6, 6.07) is 8.76. The van der Waals surface area contributed by atoms with Crippen LogP contribution in [0.25, 0.3) is 0 Å². The number of aliphatic hydroxyl groups is 3. The van der Waals surface area contributed by atoms with Gasteiger partial charge in [-0.1, -0.05) is 6.08 Å². The van der Waals surface area contributed by atoms with Gasteiger partial charge in [-0.2, -0.15) is 0 Å². The number of aromatic hydroxyl groups is 10. The van der Waals surface area contributed by atoms with Gasteiger partial charge in [-0.3, -0.25) is 0 Å². The summed E-state index contributed by atoms with van der Waals surface area (Å²) in [5, 5.41) is 127. The minimum Gasteiger partial charge on any atom is -0.508 e. The molecule has 2 heterocycles. The van der Waals surface area contributed by atoms with Crippen LogP contribution in [0.2, 0.25) is 0 Å². The van der Waals surface area contributed by atoms with Crippen molar-refractivity contribution in [2.75, 3.05) is 0 Å². The Morgan fingerprint density at radius 1 is 0.611 bits per heavy atom. The van der Waals surface area contributed by atoms with E-state index in [0.29, 0.717) is 11.3 Å². The minimum atomic E-state index is -1.18. The lowest BCUT2D eigenvalue weighted by molar-refractivity contribution is -0.0189. The number of fused-ring (bicyclic) bond motifs is 2. The summed E-state index contributed by atoms with van der Waals surface area (Å²) < 4.78 is 17.0. The van der Waals surface area contributed by atoms with Crippen LogP contribution in [0.1, 0.15) is 39.6 Å². The molecule has 17 nitrogen and oxygen atoms in total. The molecular formula is C37H34O17. The summed E-state index contributed by atoms with van der Waals surface area (Å²) in [5.74, 6) is -6.64. The van der Waals surface area contributed by atoms with Gasteiger partial charge in [0.1, 0.15) is 52.5 Å². The number of aliphatic hydroxyl groups excluding tert-OH is 3. The third-order valence-electron chi connectivity index (χ3n) is 9.03. The zero-order valence-corrected chi connectivity index (χ0v) is 27.7. The number of carbonyl (C=O) groups is 1. The van der Waals surface area contributed by atoms with Crippen molar-refractivity contribution in [3.63, 3.8) is 0 Å². The molecule has 1 aliphatic carbocycles. The lowest BCUT2D eigenvalue weighted by atomic mass is 9.86. The molecule has 0 bridgehead atoms. The highest BCUT2D eigenvalue weighted by atomic mass is 16.6. The minimum absolute atomic E-state index is 0.0526. The van der Waals surface area contributed by atoms with Crippen LogP contribution < -0.4 is 9.47 Å². The van der Waals surface area contributed by atoms with E-state index >= 15 is 0 Å². The molecule has 0 radical (unpaired) electrons. The average Bonchev–Trinajstić information content (AvgIpc) is 3.10. The van der Waals surface area contributed by atoms with Gasteiger partial charge in [0.25, 0.3) is 0 Å². The fourth-order valence-corrected chi connectivity index (χ4v) is 6.33. The molecule has 0 fully saturated rings. The van der Waals surface area contributed by atoms with Crippen LogP contribution in [-0.2, 0) is 17.6 Å². The van der Waals surface area contributed by atoms with Crippen LogP contribution in [0.3, 0.4) is 0 Å². The Hall–Kier alpha value is -7.01. The van der Waals surface area contributed by atoms with E-state index in [0.717, 1.165) is 30.3 Å². The maximum absolute atomic E-state index is 12.7. The molecule has 284 valence electrons. The summed E-state index contributed by atoms with van der Waals surface area (Å²) in [6.07, 6.45) is -0.610. The maximum Gasteiger partial charge on any atom is 0.338 e. The van der Waals surface area contributed by atoms with Crippen LogP contribution in [-0.4, -0.2) is 90.7 Å². The number of phenols is 10. The first-order chi connectivity index (χ1) is 25.5. The molecular weight excluding hydrogens is 716 g/mol. The smallest absolute Gasteiger partial charge is 0.338 e. The van der Waals surface area contributed by atoms with E-state index in [9.17, 15) is 71.2 Å². The summed E-state index contributed by atoms with van der Waals surface area (Å²) in [7, 11) is 0. The number of benzene rings is 4. The molecule has 13 N–H and O–H groups in total. The quantitative estimate of drug-likeness (QED) is 0.104. The molecule has 0 saturated carbocycles. The van der Waals surface area contributed by atoms with Gasteiger partial charge in [0, 0.05) is 66.1 Å². The predicted molar refractivity (Wildman–Crippen MR) is 182 cm³/mol. The van der Waals surface area contributed by atoms with E-state index < -0.39 is 64.9 Å². The zero-order chi connectivity index (χ0) is 39.2. The number of ether oxygens (including phenoxy) is 3. The lowest BCUT2D eigenvalue weighted by Crippen LogP contribution is -2.43. The van der Waals surface area contributed by atoms with Crippen molar-refractivity contribution < 1.29 is 85.4 Å². The van der Waals surface area contributed by atoms with Crippen LogP contribution in [0.4, 0.5) is 0 Å². The first-order valence-electron chi connectivity index (χ1n) is 16.1. The molecule has 17 heteroatoms. The van der Waals surface area contributed by atoms with E-state index in [1.165, 1.54) is 24.3 Å². The van der Waals surface area contributed by atoms with E-state index in [-0.39, 0.29) is 82.1 Å². The molecule has 54 heavy (non-hydrogen) atoms. The third kappa shape index (κ3) is 7.20. The van der Waals surface area contributed by atoms with Crippen LogP contribution in [0.15, 0.2) is 72.2 Å². The molecule has 3 aliphatic rings. The summed E-state index contributed by atoms with van der Waals surface area (Å²) >= 11 is 0. The number of carbonyl (C=O) groups excluding carboxylic acids is 1. The molecule has 0 spiro atoms.